The summed E-state index contributed by atoms with van der Waals surface area (Å²) in [7, 11) is 0. The average molecular weight is 197 g/mol. The lowest BCUT2D eigenvalue weighted by Gasteiger charge is -2.21. The van der Waals surface area contributed by atoms with E-state index in [0.29, 0.717) is 0 Å². The largest absolute Gasteiger partial charge is 0.328 e. The van der Waals surface area contributed by atoms with Crippen molar-refractivity contribution in [3.8, 4) is 6.07 Å². The number of rotatable bonds is 1. The molecule has 0 bridgehead atoms. The van der Waals surface area contributed by atoms with Crippen molar-refractivity contribution in [1.82, 2.24) is 0 Å². The van der Waals surface area contributed by atoms with Crippen LogP contribution in [0.5, 0.6) is 0 Å². The third-order valence-corrected chi connectivity index (χ3v) is 2.43. The Labute approximate surface area is 89.0 Å². The van der Waals surface area contributed by atoms with Gasteiger partial charge in [-0.1, -0.05) is 6.07 Å². The molecule has 0 aliphatic carbocycles. The molecule has 0 fully saturated rings. The van der Waals surface area contributed by atoms with Crippen molar-refractivity contribution in [3.63, 3.8) is 0 Å². The van der Waals surface area contributed by atoms with E-state index in [1.54, 1.807) is 12.5 Å². The summed E-state index contributed by atoms with van der Waals surface area (Å²) in [4.78, 5) is 6.09. The monoisotopic (exact) mass is 197 g/mol. The fraction of sp³-hybridized carbons (Fsp3) is 0.167. The molecule has 0 aromatic heterocycles. The summed E-state index contributed by atoms with van der Waals surface area (Å²) < 4.78 is 0. The van der Waals surface area contributed by atoms with Gasteiger partial charge in [0.25, 0.3) is 0 Å². The first-order valence-electron chi connectivity index (χ1n) is 4.77. The van der Waals surface area contributed by atoms with E-state index < -0.39 is 0 Å². The molecule has 0 saturated heterocycles. The third kappa shape index (κ3) is 1.75. The van der Waals surface area contributed by atoms with Gasteiger partial charge in [-0.2, -0.15) is 5.26 Å². The minimum Gasteiger partial charge on any atom is -0.328 e. The number of aliphatic imine (C=N–C) groups is 1. The molecule has 74 valence electrons. The quantitative estimate of drug-likeness (QED) is 0.692. The summed E-state index contributed by atoms with van der Waals surface area (Å²) in [6.07, 6.45) is 5.54. The SMILES string of the molecule is Cc1c(C#N)cccc1N1C=NC=CC1. The van der Waals surface area contributed by atoms with Crippen molar-refractivity contribution in [1.29, 1.82) is 5.26 Å². The molecule has 0 amide bonds. The predicted octanol–water partition coefficient (Wildman–Crippen LogP) is 2.23. The van der Waals surface area contributed by atoms with E-state index in [1.165, 1.54) is 0 Å². The Bertz CT molecular complexity index is 466. The number of anilines is 1. The van der Waals surface area contributed by atoms with Crippen molar-refractivity contribution in [2.45, 2.75) is 6.92 Å². The van der Waals surface area contributed by atoms with Crippen LogP contribution in [-0.2, 0) is 0 Å². The molecule has 2 rings (SSSR count). The van der Waals surface area contributed by atoms with Crippen molar-refractivity contribution >= 4 is 12.0 Å². The van der Waals surface area contributed by atoms with Gasteiger partial charge in [-0.05, 0) is 30.7 Å². The van der Waals surface area contributed by atoms with E-state index in [2.05, 4.69) is 11.1 Å². The first-order valence-corrected chi connectivity index (χ1v) is 4.77. The normalized spacial score (nSPS) is 14.0. The Morgan fingerprint density at radius 2 is 2.33 bits per heavy atom. The molecule has 3 nitrogen and oxygen atoms in total. The van der Waals surface area contributed by atoms with Gasteiger partial charge in [0.1, 0.15) is 0 Å². The molecule has 1 aliphatic heterocycles. The lowest BCUT2D eigenvalue weighted by molar-refractivity contribution is 1.11. The summed E-state index contributed by atoms with van der Waals surface area (Å²) >= 11 is 0. The lowest BCUT2D eigenvalue weighted by Crippen LogP contribution is -2.23. The molecular formula is C12H11N3. The van der Waals surface area contributed by atoms with E-state index in [9.17, 15) is 0 Å². The van der Waals surface area contributed by atoms with Crippen LogP contribution >= 0.6 is 0 Å². The predicted molar refractivity (Wildman–Crippen MR) is 60.9 cm³/mol. The summed E-state index contributed by atoms with van der Waals surface area (Å²) in [6.45, 7) is 2.76. The number of benzene rings is 1. The van der Waals surface area contributed by atoms with E-state index in [-0.39, 0.29) is 0 Å². The Morgan fingerprint density at radius 1 is 1.47 bits per heavy atom. The lowest BCUT2D eigenvalue weighted by atomic mass is 10.1. The van der Waals surface area contributed by atoms with E-state index in [0.717, 1.165) is 23.4 Å². The standard InChI is InChI=1S/C12H11N3/c1-10-11(8-13)4-2-5-12(10)15-7-3-6-14-9-15/h2-6,9H,7H2,1H3. The molecule has 1 aromatic carbocycles. The maximum atomic E-state index is 8.93. The van der Waals surface area contributed by atoms with Gasteiger partial charge in [0.2, 0.25) is 0 Å². The minimum atomic E-state index is 0.718. The summed E-state index contributed by atoms with van der Waals surface area (Å²) in [5, 5.41) is 8.93. The maximum Gasteiger partial charge on any atom is 0.0995 e. The molecule has 3 heteroatoms. The summed E-state index contributed by atoms with van der Waals surface area (Å²) in [5.41, 5.74) is 2.76. The molecule has 1 aliphatic rings. The molecule has 0 radical (unpaired) electrons. The highest BCUT2D eigenvalue weighted by Crippen LogP contribution is 2.22. The number of nitrogens with zero attached hydrogens (tertiary/aromatic N) is 3. The number of nitriles is 1. The Hall–Kier alpha value is -2.08. The summed E-state index contributed by atoms with van der Waals surface area (Å²) in [5.74, 6) is 0. The molecular weight excluding hydrogens is 186 g/mol. The molecule has 0 unspecified atom stereocenters. The second-order valence-electron chi connectivity index (χ2n) is 3.36. The van der Waals surface area contributed by atoms with Gasteiger partial charge in [-0.25, -0.2) is 4.99 Å². The van der Waals surface area contributed by atoms with Crippen LogP contribution in [0.4, 0.5) is 5.69 Å². The zero-order valence-corrected chi connectivity index (χ0v) is 8.51. The van der Waals surface area contributed by atoms with E-state index in [1.807, 2.05) is 36.1 Å². The first-order chi connectivity index (χ1) is 7.33. The van der Waals surface area contributed by atoms with Crippen molar-refractivity contribution < 1.29 is 0 Å². The van der Waals surface area contributed by atoms with Gasteiger partial charge in [-0.3, -0.25) is 0 Å². The minimum absolute atomic E-state index is 0.718. The van der Waals surface area contributed by atoms with Gasteiger partial charge < -0.3 is 4.90 Å². The molecule has 0 spiro atoms. The van der Waals surface area contributed by atoms with Crippen LogP contribution in [0.1, 0.15) is 11.1 Å². The molecule has 0 atom stereocenters. The maximum absolute atomic E-state index is 8.93. The fourth-order valence-corrected chi connectivity index (χ4v) is 1.60. The van der Waals surface area contributed by atoms with E-state index in [4.69, 9.17) is 5.26 Å². The van der Waals surface area contributed by atoms with Gasteiger partial charge in [-0.15, -0.1) is 0 Å². The Morgan fingerprint density at radius 3 is 3.00 bits per heavy atom. The third-order valence-electron chi connectivity index (χ3n) is 2.43. The molecule has 15 heavy (non-hydrogen) atoms. The highest BCUT2D eigenvalue weighted by molar-refractivity contribution is 5.82. The molecule has 1 aromatic rings. The first kappa shape index (κ1) is 9.47. The Balaban J connectivity index is 2.41. The van der Waals surface area contributed by atoms with Gasteiger partial charge >= 0.3 is 0 Å². The van der Waals surface area contributed by atoms with Gasteiger partial charge in [0.05, 0.1) is 18.0 Å². The summed E-state index contributed by atoms with van der Waals surface area (Å²) in [6, 6.07) is 7.91. The fourth-order valence-electron chi connectivity index (χ4n) is 1.60. The van der Waals surface area contributed by atoms with Crippen molar-refractivity contribution in [2.24, 2.45) is 4.99 Å². The van der Waals surface area contributed by atoms with Crippen LogP contribution in [0, 0.1) is 18.3 Å². The van der Waals surface area contributed by atoms with Crippen LogP contribution in [0.2, 0.25) is 0 Å². The van der Waals surface area contributed by atoms with Crippen LogP contribution in [-0.4, -0.2) is 12.9 Å². The smallest absolute Gasteiger partial charge is 0.0995 e. The zero-order chi connectivity index (χ0) is 10.7. The topological polar surface area (TPSA) is 39.4 Å². The Kier molecular flexibility index (Phi) is 2.51. The van der Waals surface area contributed by atoms with Crippen LogP contribution in [0.25, 0.3) is 0 Å². The number of hydrogen-bond acceptors (Lipinski definition) is 3. The van der Waals surface area contributed by atoms with Gasteiger partial charge in [0, 0.05) is 18.4 Å². The van der Waals surface area contributed by atoms with Crippen LogP contribution < -0.4 is 4.90 Å². The average Bonchev–Trinajstić information content (AvgIpc) is 2.30. The van der Waals surface area contributed by atoms with E-state index >= 15 is 0 Å². The molecule has 0 saturated carbocycles. The molecule has 1 heterocycles. The molecule has 0 N–H and O–H groups in total. The van der Waals surface area contributed by atoms with Crippen molar-refractivity contribution in [2.75, 3.05) is 11.4 Å². The highest BCUT2D eigenvalue weighted by Gasteiger charge is 2.09. The highest BCUT2D eigenvalue weighted by atomic mass is 15.2. The zero-order valence-electron chi connectivity index (χ0n) is 8.51. The second kappa shape index (κ2) is 3.97. The van der Waals surface area contributed by atoms with Crippen LogP contribution in [0.15, 0.2) is 35.5 Å². The van der Waals surface area contributed by atoms with Crippen LogP contribution in [0.3, 0.4) is 0 Å². The van der Waals surface area contributed by atoms with Crippen molar-refractivity contribution in [3.05, 3.63) is 41.6 Å². The second-order valence-corrected chi connectivity index (χ2v) is 3.36. The van der Waals surface area contributed by atoms with Gasteiger partial charge in [0.15, 0.2) is 0 Å². The number of hydrogen-bond donors (Lipinski definition) is 0.